The van der Waals surface area contributed by atoms with Crippen LogP contribution in [-0.2, 0) is 4.79 Å². The predicted octanol–water partition coefficient (Wildman–Crippen LogP) is 4.55. The van der Waals surface area contributed by atoms with Gasteiger partial charge in [-0.1, -0.05) is 23.7 Å². The lowest BCUT2D eigenvalue weighted by Gasteiger charge is -2.36. The number of piperazine rings is 1. The number of hydrogen-bond acceptors (Lipinski definition) is 4. The summed E-state index contributed by atoms with van der Waals surface area (Å²) in [4.78, 5) is 16.8. The van der Waals surface area contributed by atoms with Crippen molar-refractivity contribution >= 4 is 41.3 Å². The van der Waals surface area contributed by atoms with E-state index < -0.39 is 5.91 Å². The molecule has 0 aliphatic carbocycles. The molecule has 0 atom stereocenters. The Kier molecular flexibility index (Phi) is 7.95. The number of nitrogens with one attached hydrogen (secondary N) is 1. The van der Waals surface area contributed by atoms with Gasteiger partial charge in [-0.05, 0) is 55.3 Å². The molecule has 152 valence electrons. The third-order valence-electron chi connectivity index (χ3n) is 5.01. The average Bonchev–Trinajstić information content (AvgIpc) is 2.70. The van der Waals surface area contributed by atoms with E-state index in [1.807, 2.05) is 11.0 Å². The van der Waals surface area contributed by atoms with Gasteiger partial charge in [-0.2, -0.15) is 5.26 Å². The molecule has 1 aliphatic heterocycles. The molecule has 29 heavy (non-hydrogen) atoms. The fourth-order valence-corrected chi connectivity index (χ4v) is 3.35. The zero-order valence-corrected chi connectivity index (χ0v) is 18.1. The minimum atomic E-state index is -0.415. The van der Waals surface area contributed by atoms with Crippen LogP contribution in [0.3, 0.4) is 0 Å². The largest absolute Gasteiger partial charge is 0.373 e. The van der Waals surface area contributed by atoms with Crippen LogP contribution < -0.4 is 10.2 Å². The number of carbonyl (C=O) groups is 1. The highest BCUT2D eigenvalue weighted by molar-refractivity contribution is 6.30. The number of halogens is 2. The lowest BCUT2D eigenvalue weighted by Crippen LogP contribution is -2.44. The molecule has 0 saturated carbocycles. The Morgan fingerprint density at radius 1 is 1.10 bits per heavy atom. The van der Waals surface area contributed by atoms with Crippen molar-refractivity contribution in [3.05, 3.63) is 70.4 Å². The van der Waals surface area contributed by atoms with Gasteiger partial charge in [-0.15, -0.1) is 12.4 Å². The summed E-state index contributed by atoms with van der Waals surface area (Å²) in [5.74, 6) is -0.415. The summed E-state index contributed by atoms with van der Waals surface area (Å²) < 4.78 is 0. The fourth-order valence-electron chi connectivity index (χ4n) is 3.22. The summed E-state index contributed by atoms with van der Waals surface area (Å²) in [6, 6.07) is 15.2. The first kappa shape index (κ1) is 22.6. The number of anilines is 2. The van der Waals surface area contributed by atoms with E-state index in [1.165, 1.54) is 16.8 Å². The molecule has 0 aromatic heterocycles. The highest BCUT2D eigenvalue weighted by Gasteiger charge is 2.19. The quantitative estimate of drug-likeness (QED) is 0.570. The molecule has 2 aromatic rings. The second-order valence-corrected chi connectivity index (χ2v) is 7.29. The summed E-state index contributed by atoms with van der Waals surface area (Å²) in [6.45, 7) is 7.47. The zero-order valence-electron chi connectivity index (χ0n) is 16.5. The van der Waals surface area contributed by atoms with Crippen molar-refractivity contribution in [2.24, 2.45) is 0 Å². The summed E-state index contributed by atoms with van der Waals surface area (Å²) in [5.41, 5.74) is 4.53. The molecule has 7 heteroatoms. The molecule has 1 saturated heterocycles. The third kappa shape index (κ3) is 5.66. The Morgan fingerprint density at radius 2 is 1.76 bits per heavy atom. The van der Waals surface area contributed by atoms with Crippen LogP contribution in [0.1, 0.15) is 11.1 Å². The van der Waals surface area contributed by atoms with Crippen LogP contribution in [0.25, 0.3) is 0 Å². The number of nitriles is 1. The molecular weight excluding hydrogens is 407 g/mol. The molecule has 0 bridgehead atoms. The van der Waals surface area contributed by atoms with Crippen molar-refractivity contribution in [1.82, 2.24) is 4.90 Å². The van der Waals surface area contributed by atoms with Gasteiger partial charge in [0, 0.05) is 48.8 Å². The molecule has 0 unspecified atom stereocenters. The molecule has 1 heterocycles. The van der Waals surface area contributed by atoms with Crippen molar-refractivity contribution in [2.45, 2.75) is 13.8 Å². The van der Waals surface area contributed by atoms with E-state index in [0.29, 0.717) is 10.7 Å². The van der Waals surface area contributed by atoms with Gasteiger partial charge in [0.2, 0.25) is 0 Å². The van der Waals surface area contributed by atoms with Crippen LogP contribution in [0.5, 0.6) is 0 Å². The summed E-state index contributed by atoms with van der Waals surface area (Å²) >= 11 is 5.85. The van der Waals surface area contributed by atoms with E-state index in [0.717, 1.165) is 26.2 Å². The van der Waals surface area contributed by atoms with Crippen molar-refractivity contribution in [2.75, 3.05) is 36.4 Å². The van der Waals surface area contributed by atoms with Gasteiger partial charge in [0.05, 0.1) is 0 Å². The summed E-state index contributed by atoms with van der Waals surface area (Å²) in [5, 5.41) is 12.7. The van der Waals surface area contributed by atoms with E-state index in [9.17, 15) is 10.1 Å². The lowest BCUT2D eigenvalue weighted by atomic mass is 10.1. The molecule has 5 nitrogen and oxygen atoms in total. The first-order chi connectivity index (χ1) is 13.5. The van der Waals surface area contributed by atoms with Gasteiger partial charge < -0.3 is 15.1 Å². The maximum absolute atomic E-state index is 12.4. The van der Waals surface area contributed by atoms with Crippen LogP contribution in [0.2, 0.25) is 5.02 Å². The Bertz CT molecular complexity index is 927. The minimum absolute atomic E-state index is 0. The molecule has 1 aliphatic rings. The molecular formula is C22H24Cl2N4O. The Morgan fingerprint density at radius 3 is 2.38 bits per heavy atom. The number of amides is 1. The number of aryl methyl sites for hydroxylation is 1. The Labute approximate surface area is 183 Å². The van der Waals surface area contributed by atoms with Crippen LogP contribution in [0.15, 0.2) is 54.2 Å². The molecule has 3 rings (SSSR count). The van der Waals surface area contributed by atoms with Gasteiger partial charge in [0.25, 0.3) is 5.91 Å². The molecule has 0 radical (unpaired) electrons. The number of nitrogens with zero attached hydrogens (tertiary/aromatic N) is 3. The van der Waals surface area contributed by atoms with Gasteiger partial charge in [-0.3, -0.25) is 4.79 Å². The third-order valence-corrected chi connectivity index (χ3v) is 5.26. The van der Waals surface area contributed by atoms with Gasteiger partial charge in [0.1, 0.15) is 11.6 Å². The fraction of sp³-hybridized carbons (Fsp3) is 0.273. The summed E-state index contributed by atoms with van der Waals surface area (Å²) in [7, 11) is 0. The van der Waals surface area contributed by atoms with Crippen LogP contribution >= 0.6 is 24.0 Å². The van der Waals surface area contributed by atoms with Crippen molar-refractivity contribution in [3.63, 3.8) is 0 Å². The van der Waals surface area contributed by atoms with E-state index in [1.54, 1.807) is 30.5 Å². The van der Waals surface area contributed by atoms with Crippen molar-refractivity contribution in [3.8, 4) is 6.07 Å². The van der Waals surface area contributed by atoms with Gasteiger partial charge in [0.15, 0.2) is 0 Å². The Balaban J connectivity index is 0.00000300. The number of carbonyl (C=O) groups excluding carboxylic acids is 1. The van der Waals surface area contributed by atoms with Crippen LogP contribution in [-0.4, -0.2) is 37.0 Å². The predicted molar refractivity (Wildman–Crippen MR) is 121 cm³/mol. The second kappa shape index (κ2) is 10.2. The zero-order chi connectivity index (χ0) is 20.1. The normalized spacial score (nSPS) is 14.1. The standard InChI is InChI=1S/C22H23ClN4O.ClH/c1-16-4-3-5-21(17(16)2)27-12-10-26(11-13-27)15-18(14-24)22(28)25-20-8-6-19(23)7-9-20;/h3-9,15H,10-13H2,1-2H3,(H,25,28);1H/b18-15-;. The molecule has 1 N–H and O–H groups in total. The van der Waals surface area contributed by atoms with Crippen LogP contribution in [0, 0.1) is 25.2 Å². The number of benzene rings is 2. The second-order valence-electron chi connectivity index (χ2n) is 6.86. The summed E-state index contributed by atoms with van der Waals surface area (Å²) in [6.07, 6.45) is 1.66. The van der Waals surface area contributed by atoms with E-state index >= 15 is 0 Å². The maximum atomic E-state index is 12.4. The molecule has 1 amide bonds. The van der Waals surface area contributed by atoms with E-state index in [4.69, 9.17) is 11.6 Å². The first-order valence-corrected chi connectivity index (χ1v) is 9.60. The first-order valence-electron chi connectivity index (χ1n) is 9.22. The van der Waals surface area contributed by atoms with E-state index in [-0.39, 0.29) is 18.0 Å². The minimum Gasteiger partial charge on any atom is -0.373 e. The Hall–Kier alpha value is -2.68. The number of rotatable bonds is 4. The monoisotopic (exact) mass is 430 g/mol. The SMILES string of the molecule is Cc1cccc(N2CCN(/C=C(/C#N)C(=O)Nc3ccc(Cl)cc3)CC2)c1C.Cl. The van der Waals surface area contributed by atoms with E-state index in [2.05, 4.69) is 42.3 Å². The van der Waals surface area contributed by atoms with Crippen molar-refractivity contribution in [1.29, 1.82) is 5.26 Å². The van der Waals surface area contributed by atoms with Crippen LogP contribution in [0.4, 0.5) is 11.4 Å². The molecule has 2 aromatic carbocycles. The highest BCUT2D eigenvalue weighted by Crippen LogP contribution is 2.24. The average molecular weight is 431 g/mol. The highest BCUT2D eigenvalue weighted by atomic mass is 35.5. The molecule has 1 fully saturated rings. The topological polar surface area (TPSA) is 59.4 Å². The number of hydrogen-bond donors (Lipinski definition) is 1. The molecule has 0 spiro atoms. The maximum Gasteiger partial charge on any atom is 0.267 e. The van der Waals surface area contributed by atoms with Gasteiger partial charge in [-0.25, -0.2) is 0 Å². The lowest BCUT2D eigenvalue weighted by molar-refractivity contribution is -0.112. The van der Waals surface area contributed by atoms with Gasteiger partial charge >= 0.3 is 0 Å². The smallest absolute Gasteiger partial charge is 0.267 e. The van der Waals surface area contributed by atoms with Crippen molar-refractivity contribution < 1.29 is 4.79 Å².